The van der Waals surface area contributed by atoms with Crippen LogP contribution in [0.2, 0.25) is 0 Å². The average Bonchev–Trinajstić information content (AvgIpc) is 3.38. The standard InChI is InChI=1S/C19H29N5O/c1-2-17-21-18-11-8-14(13-23(18)22-17)20-12-19(25)24(16-9-10-16)15-6-4-3-5-7-15/h6,14,16,20H,2-5,7-13H2,1H3/t14-/m0/s1. The molecule has 1 aromatic rings. The molecule has 1 atom stereocenters. The molecule has 0 radical (unpaired) electrons. The van der Waals surface area contributed by atoms with Crippen molar-refractivity contribution in [2.75, 3.05) is 6.54 Å². The fourth-order valence-electron chi connectivity index (χ4n) is 3.96. The van der Waals surface area contributed by atoms with Crippen LogP contribution in [0.1, 0.15) is 63.5 Å². The zero-order valence-electron chi connectivity index (χ0n) is 15.2. The van der Waals surface area contributed by atoms with Crippen LogP contribution >= 0.6 is 0 Å². The molecule has 0 spiro atoms. The normalized spacial score (nSPS) is 23.1. The highest BCUT2D eigenvalue weighted by Crippen LogP contribution is 2.33. The van der Waals surface area contributed by atoms with Crippen LogP contribution in [0.4, 0.5) is 0 Å². The van der Waals surface area contributed by atoms with E-state index in [0.29, 0.717) is 18.6 Å². The summed E-state index contributed by atoms with van der Waals surface area (Å²) < 4.78 is 2.02. The van der Waals surface area contributed by atoms with Gasteiger partial charge in [-0.3, -0.25) is 4.79 Å². The lowest BCUT2D eigenvalue weighted by Gasteiger charge is -2.29. The molecule has 6 heteroatoms. The van der Waals surface area contributed by atoms with Crippen LogP contribution in [0.3, 0.4) is 0 Å². The summed E-state index contributed by atoms with van der Waals surface area (Å²) in [5, 5.41) is 8.04. The predicted molar refractivity (Wildman–Crippen MR) is 95.9 cm³/mol. The number of nitrogens with one attached hydrogen (secondary N) is 1. The van der Waals surface area contributed by atoms with Gasteiger partial charge in [0.1, 0.15) is 5.82 Å². The lowest BCUT2D eigenvalue weighted by molar-refractivity contribution is -0.129. The molecule has 1 aromatic heterocycles. The van der Waals surface area contributed by atoms with Crippen molar-refractivity contribution < 1.29 is 4.79 Å². The van der Waals surface area contributed by atoms with Crippen LogP contribution in [0.5, 0.6) is 0 Å². The van der Waals surface area contributed by atoms with Gasteiger partial charge in [-0.1, -0.05) is 13.0 Å². The maximum absolute atomic E-state index is 12.9. The van der Waals surface area contributed by atoms with Gasteiger partial charge in [0, 0.05) is 30.6 Å². The van der Waals surface area contributed by atoms with Crippen LogP contribution in [-0.4, -0.2) is 44.2 Å². The summed E-state index contributed by atoms with van der Waals surface area (Å²) in [5.41, 5.74) is 1.27. The Labute approximate surface area is 149 Å². The third kappa shape index (κ3) is 3.78. The summed E-state index contributed by atoms with van der Waals surface area (Å²) in [4.78, 5) is 19.5. The third-order valence-electron chi connectivity index (χ3n) is 5.52. The van der Waals surface area contributed by atoms with Crippen molar-refractivity contribution in [2.24, 2.45) is 0 Å². The molecule has 4 rings (SSSR count). The van der Waals surface area contributed by atoms with Gasteiger partial charge in [0.25, 0.3) is 0 Å². The number of carbonyl (C=O) groups excluding carboxylic acids is 1. The lowest BCUT2D eigenvalue weighted by Crippen LogP contribution is -2.45. The van der Waals surface area contributed by atoms with Crippen LogP contribution in [-0.2, 0) is 24.2 Å². The number of amides is 1. The molecule has 1 fully saturated rings. The highest BCUT2D eigenvalue weighted by Gasteiger charge is 2.35. The van der Waals surface area contributed by atoms with Gasteiger partial charge >= 0.3 is 0 Å². The van der Waals surface area contributed by atoms with Gasteiger partial charge in [0.15, 0.2) is 5.82 Å². The first-order chi connectivity index (χ1) is 12.2. The van der Waals surface area contributed by atoms with Crippen LogP contribution in [0.15, 0.2) is 11.8 Å². The van der Waals surface area contributed by atoms with E-state index in [2.05, 4.69) is 33.3 Å². The Morgan fingerprint density at radius 1 is 1.32 bits per heavy atom. The first-order valence-electron chi connectivity index (χ1n) is 9.91. The summed E-state index contributed by atoms with van der Waals surface area (Å²) in [5.74, 6) is 2.26. The van der Waals surface area contributed by atoms with E-state index in [1.165, 1.54) is 18.5 Å². The molecule has 0 bridgehead atoms. The molecule has 1 N–H and O–H groups in total. The molecular weight excluding hydrogens is 314 g/mol. The molecule has 1 aliphatic heterocycles. The molecule has 25 heavy (non-hydrogen) atoms. The summed E-state index contributed by atoms with van der Waals surface area (Å²) in [6, 6.07) is 0.767. The summed E-state index contributed by atoms with van der Waals surface area (Å²) in [6.45, 7) is 3.34. The average molecular weight is 343 g/mol. The van der Waals surface area contributed by atoms with E-state index in [9.17, 15) is 4.79 Å². The highest BCUT2D eigenvalue weighted by atomic mass is 16.2. The number of carbonyl (C=O) groups is 1. The van der Waals surface area contributed by atoms with E-state index in [1.54, 1.807) is 0 Å². The second-order valence-electron chi connectivity index (χ2n) is 7.53. The van der Waals surface area contributed by atoms with E-state index in [4.69, 9.17) is 0 Å². The predicted octanol–water partition coefficient (Wildman–Crippen LogP) is 2.19. The molecule has 0 aromatic carbocycles. The first-order valence-corrected chi connectivity index (χ1v) is 9.91. The smallest absolute Gasteiger partial charge is 0.240 e. The maximum Gasteiger partial charge on any atom is 0.240 e. The minimum absolute atomic E-state index is 0.245. The molecular formula is C19H29N5O. The minimum Gasteiger partial charge on any atom is -0.312 e. The Morgan fingerprint density at radius 3 is 2.92 bits per heavy atom. The SMILES string of the molecule is CCc1nc2n(n1)C[C@@H](NCC(=O)N(C1=CCCCC1)C1CC1)CC2. The lowest BCUT2D eigenvalue weighted by atomic mass is 10.0. The van der Waals surface area contributed by atoms with Gasteiger partial charge < -0.3 is 10.2 Å². The molecule has 0 saturated heterocycles. The quantitative estimate of drug-likeness (QED) is 0.860. The molecule has 3 aliphatic rings. The zero-order chi connectivity index (χ0) is 17.2. The Hall–Kier alpha value is -1.69. The van der Waals surface area contributed by atoms with E-state index in [1.807, 2.05) is 4.68 Å². The number of rotatable bonds is 6. The minimum atomic E-state index is 0.245. The monoisotopic (exact) mass is 343 g/mol. The number of nitrogens with zero attached hydrogens (tertiary/aromatic N) is 4. The van der Waals surface area contributed by atoms with Crippen molar-refractivity contribution in [3.05, 3.63) is 23.4 Å². The van der Waals surface area contributed by atoms with Crippen molar-refractivity contribution in [2.45, 2.75) is 83.3 Å². The molecule has 1 saturated carbocycles. The van der Waals surface area contributed by atoms with E-state index in [-0.39, 0.29) is 5.91 Å². The summed E-state index contributed by atoms with van der Waals surface area (Å²) in [6.07, 6.45) is 12.1. The van der Waals surface area contributed by atoms with E-state index in [0.717, 1.165) is 63.1 Å². The zero-order valence-corrected chi connectivity index (χ0v) is 15.2. The van der Waals surface area contributed by atoms with E-state index >= 15 is 0 Å². The Morgan fingerprint density at radius 2 is 2.20 bits per heavy atom. The van der Waals surface area contributed by atoms with Crippen LogP contribution in [0.25, 0.3) is 0 Å². The van der Waals surface area contributed by atoms with Gasteiger partial charge in [0.05, 0.1) is 13.1 Å². The number of fused-ring (bicyclic) bond motifs is 1. The third-order valence-corrected chi connectivity index (χ3v) is 5.52. The van der Waals surface area contributed by atoms with Crippen molar-refractivity contribution in [3.8, 4) is 0 Å². The molecule has 2 aliphatic carbocycles. The van der Waals surface area contributed by atoms with Gasteiger partial charge in [-0.25, -0.2) is 9.67 Å². The van der Waals surface area contributed by atoms with Crippen molar-refractivity contribution in [1.29, 1.82) is 0 Å². The van der Waals surface area contributed by atoms with Gasteiger partial charge in [0.2, 0.25) is 5.91 Å². The van der Waals surface area contributed by atoms with Gasteiger partial charge in [-0.15, -0.1) is 0 Å². The maximum atomic E-state index is 12.9. The van der Waals surface area contributed by atoms with Crippen molar-refractivity contribution >= 4 is 5.91 Å². The Kier molecular flexibility index (Phi) is 4.88. The number of allylic oxidation sites excluding steroid dienone is 2. The number of hydrogen-bond donors (Lipinski definition) is 1. The van der Waals surface area contributed by atoms with Crippen molar-refractivity contribution in [1.82, 2.24) is 25.0 Å². The second-order valence-corrected chi connectivity index (χ2v) is 7.53. The van der Waals surface area contributed by atoms with Gasteiger partial charge in [-0.05, 0) is 44.9 Å². The summed E-state index contributed by atoms with van der Waals surface area (Å²) in [7, 11) is 0. The molecule has 136 valence electrons. The van der Waals surface area contributed by atoms with Crippen LogP contribution < -0.4 is 5.32 Å². The Balaban J connectivity index is 1.34. The van der Waals surface area contributed by atoms with Crippen molar-refractivity contribution in [3.63, 3.8) is 0 Å². The van der Waals surface area contributed by atoms with E-state index < -0.39 is 0 Å². The highest BCUT2D eigenvalue weighted by molar-refractivity contribution is 5.80. The van der Waals surface area contributed by atoms with Gasteiger partial charge in [-0.2, -0.15) is 5.10 Å². The largest absolute Gasteiger partial charge is 0.312 e. The topological polar surface area (TPSA) is 63.1 Å². The number of aromatic nitrogens is 3. The molecule has 2 heterocycles. The number of aryl methyl sites for hydroxylation is 2. The fraction of sp³-hybridized carbons (Fsp3) is 0.737. The summed E-state index contributed by atoms with van der Waals surface area (Å²) >= 11 is 0. The first kappa shape index (κ1) is 16.8. The fourth-order valence-corrected chi connectivity index (χ4v) is 3.96. The Bertz CT molecular complexity index is 661. The molecule has 1 amide bonds. The second kappa shape index (κ2) is 7.28. The molecule has 0 unspecified atom stereocenters. The number of hydrogen-bond acceptors (Lipinski definition) is 4. The molecule has 6 nitrogen and oxygen atoms in total. The van der Waals surface area contributed by atoms with Crippen LogP contribution in [0, 0.1) is 0 Å².